The van der Waals surface area contributed by atoms with Crippen molar-refractivity contribution in [3.8, 4) is 0 Å². The van der Waals surface area contributed by atoms with Crippen LogP contribution < -0.4 is 0 Å². The van der Waals surface area contributed by atoms with E-state index in [2.05, 4.69) is 38.6 Å². The molecule has 17 heavy (non-hydrogen) atoms. The zero-order valence-electron chi connectivity index (χ0n) is 11.5. The Morgan fingerprint density at radius 2 is 1.82 bits per heavy atom. The normalized spacial score (nSPS) is 14.3. The van der Waals surface area contributed by atoms with E-state index < -0.39 is 20.0 Å². The van der Waals surface area contributed by atoms with Crippen LogP contribution in [0.25, 0.3) is 0 Å². The van der Waals surface area contributed by atoms with Crippen molar-refractivity contribution < 1.29 is 18.7 Å². The molecule has 0 aliphatic heterocycles. The summed E-state index contributed by atoms with van der Waals surface area (Å²) < 4.78 is 15.2. The van der Waals surface area contributed by atoms with Gasteiger partial charge in [0.1, 0.15) is 6.61 Å². The van der Waals surface area contributed by atoms with Gasteiger partial charge < -0.3 is 13.9 Å². The number of hydrogen-bond donors (Lipinski definition) is 0. The molecule has 0 aromatic carbocycles. The van der Waals surface area contributed by atoms with Crippen molar-refractivity contribution in [3.63, 3.8) is 0 Å². The smallest absolute Gasteiger partial charge is 0.432 e. The molecule has 0 spiro atoms. The van der Waals surface area contributed by atoms with Crippen LogP contribution in [-0.2, 0) is 13.9 Å². The van der Waals surface area contributed by atoms with Crippen molar-refractivity contribution in [1.29, 1.82) is 0 Å². The van der Waals surface area contributed by atoms with E-state index in [0.717, 1.165) is 0 Å². The molecule has 0 radical (unpaired) electrons. The molecule has 0 aromatic rings. The van der Waals surface area contributed by atoms with Crippen molar-refractivity contribution in [1.82, 2.24) is 0 Å². The quantitative estimate of drug-likeness (QED) is 0.333. The second-order valence-electron chi connectivity index (χ2n) is 5.37. The Hall–Kier alpha value is -0.263. The van der Waals surface area contributed by atoms with Gasteiger partial charge in [-0.1, -0.05) is 32.4 Å². The largest absolute Gasteiger partial charge is 0.509 e. The number of ether oxygens (including phenoxy) is 2. The molecular formula is C11H23ClO4Si. The molecule has 0 fully saturated rings. The lowest BCUT2D eigenvalue weighted by atomic mass is 10.2. The average molecular weight is 283 g/mol. The minimum atomic E-state index is -1.77. The third-order valence-corrected chi connectivity index (χ3v) is 7.46. The van der Waals surface area contributed by atoms with Crippen LogP contribution in [0.5, 0.6) is 0 Å². The molecule has 1 unspecified atom stereocenters. The lowest BCUT2D eigenvalue weighted by molar-refractivity contribution is 0.0398. The lowest BCUT2D eigenvalue weighted by Gasteiger charge is -2.36. The third-order valence-electron chi connectivity index (χ3n) is 2.83. The Morgan fingerprint density at radius 3 is 2.24 bits per heavy atom. The summed E-state index contributed by atoms with van der Waals surface area (Å²) in [6, 6.07) is 0. The first-order chi connectivity index (χ1) is 7.56. The molecule has 0 saturated carbocycles. The van der Waals surface area contributed by atoms with Gasteiger partial charge in [0.2, 0.25) is 0 Å². The Kier molecular flexibility index (Phi) is 6.51. The molecule has 0 aliphatic rings. The van der Waals surface area contributed by atoms with Gasteiger partial charge in [0.15, 0.2) is 13.9 Å². The van der Waals surface area contributed by atoms with Crippen LogP contribution in [-0.4, -0.2) is 33.2 Å². The molecule has 0 heterocycles. The number of carbonyl (C=O) groups excluding carboxylic acids is 1. The van der Waals surface area contributed by atoms with Gasteiger partial charge in [-0.2, -0.15) is 0 Å². The molecular weight excluding hydrogens is 260 g/mol. The number of alkyl halides is 1. The van der Waals surface area contributed by atoms with Crippen molar-refractivity contribution in [2.75, 3.05) is 13.2 Å². The van der Waals surface area contributed by atoms with Gasteiger partial charge in [-0.05, 0) is 25.1 Å². The Morgan fingerprint density at radius 1 is 1.29 bits per heavy atom. The van der Waals surface area contributed by atoms with Crippen molar-refractivity contribution in [3.05, 3.63) is 0 Å². The SMILES string of the molecule is CC(Cl)OC(=O)OCCO[Si](C)(C)C(C)(C)C. The van der Waals surface area contributed by atoms with Crippen LogP contribution in [0.1, 0.15) is 27.7 Å². The molecule has 102 valence electrons. The van der Waals surface area contributed by atoms with Gasteiger partial charge >= 0.3 is 6.16 Å². The number of carbonyl (C=O) groups is 1. The third kappa shape index (κ3) is 6.91. The summed E-state index contributed by atoms with van der Waals surface area (Å²) in [5, 5.41) is 0.151. The van der Waals surface area contributed by atoms with Gasteiger partial charge in [-0.25, -0.2) is 4.79 Å². The molecule has 0 rings (SSSR count). The molecule has 1 atom stereocenters. The van der Waals surface area contributed by atoms with Crippen molar-refractivity contribution >= 4 is 26.1 Å². The van der Waals surface area contributed by atoms with E-state index >= 15 is 0 Å². The maximum Gasteiger partial charge on any atom is 0.509 e. The highest BCUT2D eigenvalue weighted by atomic mass is 35.5. The minimum absolute atomic E-state index is 0.151. The molecule has 0 aromatic heterocycles. The van der Waals surface area contributed by atoms with Crippen LogP contribution in [0, 0.1) is 0 Å². The fraction of sp³-hybridized carbons (Fsp3) is 0.909. The predicted molar refractivity (Wildman–Crippen MR) is 70.9 cm³/mol. The number of halogens is 1. The Bertz CT molecular complexity index is 248. The van der Waals surface area contributed by atoms with Gasteiger partial charge in [-0.3, -0.25) is 0 Å². The fourth-order valence-corrected chi connectivity index (χ4v) is 1.90. The predicted octanol–water partition coefficient (Wildman–Crippen LogP) is 3.75. The van der Waals surface area contributed by atoms with Gasteiger partial charge in [-0.15, -0.1) is 0 Å². The maximum atomic E-state index is 11.0. The van der Waals surface area contributed by atoms with E-state index in [1.807, 2.05) is 0 Å². The molecule has 0 N–H and O–H groups in total. The average Bonchev–Trinajstić information content (AvgIpc) is 2.09. The monoisotopic (exact) mass is 282 g/mol. The van der Waals surface area contributed by atoms with Crippen LogP contribution in [0.4, 0.5) is 4.79 Å². The van der Waals surface area contributed by atoms with E-state index in [4.69, 9.17) is 20.8 Å². The van der Waals surface area contributed by atoms with Crippen molar-refractivity contribution in [2.45, 2.75) is 51.4 Å². The van der Waals surface area contributed by atoms with Gasteiger partial charge in [0, 0.05) is 0 Å². The highest BCUT2D eigenvalue weighted by molar-refractivity contribution is 6.74. The first-order valence-electron chi connectivity index (χ1n) is 5.68. The van der Waals surface area contributed by atoms with E-state index in [1.165, 1.54) is 0 Å². The number of hydrogen-bond acceptors (Lipinski definition) is 4. The van der Waals surface area contributed by atoms with E-state index in [9.17, 15) is 4.79 Å². The summed E-state index contributed by atoms with van der Waals surface area (Å²) >= 11 is 5.47. The molecule has 0 bridgehead atoms. The second-order valence-corrected chi connectivity index (χ2v) is 10.8. The topological polar surface area (TPSA) is 44.8 Å². The molecule has 4 nitrogen and oxygen atoms in total. The van der Waals surface area contributed by atoms with E-state index in [-0.39, 0.29) is 11.6 Å². The molecule has 0 amide bonds. The van der Waals surface area contributed by atoms with Crippen LogP contribution in [0.3, 0.4) is 0 Å². The maximum absolute atomic E-state index is 11.0. The first kappa shape index (κ1) is 16.7. The minimum Gasteiger partial charge on any atom is -0.432 e. The van der Waals surface area contributed by atoms with Crippen LogP contribution in [0.15, 0.2) is 0 Å². The summed E-state index contributed by atoms with van der Waals surface area (Å²) in [5.74, 6) is 0. The fourth-order valence-electron chi connectivity index (χ4n) is 0.805. The zero-order valence-corrected chi connectivity index (χ0v) is 13.3. The second kappa shape index (κ2) is 6.61. The van der Waals surface area contributed by atoms with E-state index in [1.54, 1.807) is 6.92 Å². The van der Waals surface area contributed by atoms with Crippen LogP contribution in [0.2, 0.25) is 18.1 Å². The summed E-state index contributed by atoms with van der Waals surface area (Å²) in [6.45, 7) is 12.9. The summed E-state index contributed by atoms with van der Waals surface area (Å²) in [4.78, 5) is 11.0. The number of rotatable bonds is 5. The molecule has 0 aliphatic carbocycles. The van der Waals surface area contributed by atoms with Gasteiger partial charge in [0.25, 0.3) is 0 Å². The van der Waals surface area contributed by atoms with E-state index in [0.29, 0.717) is 6.61 Å². The Balaban J connectivity index is 3.82. The lowest BCUT2D eigenvalue weighted by Crippen LogP contribution is -2.41. The summed E-state index contributed by atoms with van der Waals surface area (Å²) in [7, 11) is -1.77. The van der Waals surface area contributed by atoms with Crippen molar-refractivity contribution in [2.24, 2.45) is 0 Å². The Labute approximate surface area is 110 Å². The first-order valence-corrected chi connectivity index (χ1v) is 9.02. The standard InChI is InChI=1S/C11H23ClO4Si/c1-9(12)16-10(13)14-7-8-15-17(5,6)11(2,3)4/h9H,7-8H2,1-6H3. The zero-order chi connectivity index (χ0) is 13.7. The highest BCUT2D eigenvalue weighted by Crippen LogP contribution is 2.36. The summed E-state index contributed by atoms with van der Waals surface area (Å²) in [5.41, 5.74) is -0.677. The molecule has 0 saturated heterocycles. The van der Waals surface area contributed by atoms with Gasteiger partial charge in [0.05, 0.1) is 6.61 Å². The van der Waals surface area contributed by atoms with Crippen LogP contribution >= 0.6 is 11.6 Å². The summed E-state index contributed by atoms with van der Waals surface area (Å²) in [6.07, 6.45) is -0.758. The highest BCUT2D eigenvalue weighted by Gasteiger charge is 2.36. The molecule has 6 heteroatoms.